The van der Waals surface area contributed by atoms with E-state index in [0.717, 1.165) is 37.5 Å². The molecule has 0 bridgehead atoms. The van der Waals surface area contributed by atoms with Crippen LogP contribution in [0.4, 0.5) is 26.3 Å². The first-order valence-corrected chi connectivity index (χ1v) is 13.3. The molecule has 0 N–H and O–H groups in total. The Bertz CT molecular complexity index is 1310. The first-order chi connectivity index (χ1) is 17.8. The number of hydrogen-bond acceptors (Lipinski definition) is 6. The Balaban J connectivity index is 2.08. The lowest BCUT2D eigenvalue weighted by molar-refractivity contribution is -0.134. The summed E-state index contributed by atoms with van der Waals surface area (Å²) in [7, 11) is -4.78. The molecule has 1 aromatic rings. The SMILES string of the molecule is COC(=O)/C=C(\C)C1=CC(F)C(C2c3ccc(OS(=O)(=O)C(F)(F)F)cc3CC(C)N2CC(C)(C)F)C(F)=C1. The van der Waals surface area contributed by atoms with E-state index >= 15 is 8.78 Å². The van der Waals surface area contributed by atoms with Gasteiger partial charge in [-0.15, -0.1) is 0 Å². The van der Waals surface area contributed by atoms with Crippen molar-refractivity contribution in [1.82, 2.24) is 4.90 Å². The predicted molar refractivity (Wildman–Crippen MR) is 131 cm³/mol. The molecule has 0 fully saturated rings. The minimum absolute atomic E-state index is 0.115. The number of allylic oxidation sites excluding steroid dienone is 4. The third-order valence-electron chi connectivity index (χ3n) is 6.54. The summed E-state index contributed by atoms with van der Waals surface area (Å²) in [4.78, 5) is 13.2. The summed E-state index contributed by atoms with van der Waals surface area (Å²) in [5.41, 5.74) is -6.44. The molecule has 6 nitrogen and oxygen atoms in total. The molecule has 216 valence electrons. The van der Waals surface area contributed by atoms with Crippen LogP contribution in [0.2, 0.25) is 0 Å². The standard InChI is InChI=1S/C26H29F6NO5S/c1-14(8-22(34)37-5)16-11-20(27)23(21(28)12-16)24-19-7-6-18(38-39(35,36)26(30,31)32)10-17(19)9-15(2)33(24)13-25(3,4)29/h6-8,10-12,15,20,23-24H,9,13H2,1-5H3/b14-8+. The van der Waals surface area contributed by atoms with Crippen LogP contribution in [0.3, 0.4) is 0 Å². The van der Waals surface area contributed by atoms with Gasteiger partial charge in [0.1, 0.15) is 23.4 Å². The fourth-order valence-electron chi connectivity index (χ4n) is 4.86. The number of carbonyl (C=O) groups is 1. The number of nitrogens with zero attached hydrogens (tertiary/aromatic N) is 1. The second-order valence-electron chi connectivity index (χ2n) is 10.2. The van der Waals surface area contributed by atoms with Crippen LogP contribution >= 0.6 is 0 Å². The Kier molecular flexibility index (Phi) is 8.66. The number of fused-ring (bicyclic) bond motifs is 1. The van der Waals surface area contributed by atoms with E-state index in [1.165, 1.54) is 26.8 Å². The van der Waals surface area contributed by atoms with Crippen molar-refractivity contribution in [3.63, 3.8) is 0 Å². The molecule has 0 spiro atoms. The average Bonchev–Trinajstić information content (AvgIpc) is 2.78. The highest BCUT2D eigenvalue weighted by molar-refractivity contribution is 7.88. The van der Waals surface area contributed by atoms with E-state index in [1.54, 1.807) is 11.8 Å². The summed E-state index contributed by atoms with van der Waals surface area (Å²) >= 11 is 0. The van der Waals surface area contributed by atoms with E-state index in [-0.39, 0.29) is 24.1 Å². The zero-order valence-corrected chi connectivity index (χ0v) is 22.7. The Labute approximate surface area is 223 Å². The number of ether oxygens (including phenoxy) is 1. The lowest BCUT2D eigenvalue weighted by Crippen LogP contribution is -2.51. The summed E-state index contributed by atoms with van der Waals surface area (Å²) < 4.78 is 116. The zero-order chi connectivity index (χ0) is 29.5. The molecule has 1 aromatic carbocycles. The number of benzene rings is 1. The van der Waals surface area contributed by atoms with Gasteiger partial charge in [-0.2, -0.15) is 21.6 Å². The highest BCUT2D eigenvalue weighted by Gasteiger charge is 2.49. The molecule has 2 aliphatic rings. The van der Waals surface area contributed by atoms with Crippen molar-refractivity contribution in [2.45, 2.75) is 63.5 Å². The lowest BCUT2D eigenvalue weighted by atomic mass is 9.76. The van der Waals surface area contributed by atoms with Gasteiger partial charge in [-0.05, 0) is 80.7 Å². The van der Waals surface area contributed by atoms with Gasteiger partial charge in [0.25, 0.3) is 0 Å². The predicted octanol–water partition coefficient (Wildman–Crippen LogP) is 5.82. The highest BCUT2D eigenvalue weighted by Crippen LogP contribution is 2.47. The molecular formula is C26H29F6NO5S. The molecule has 13 heteroatoms. The number of esters is 1. The molecule has 0 amide bonds. The number of alkyl halides is 5. The van der Waals surface area contributed by atoms with E-state index in [9.17, 15) is 30.8 Å². The van der Waals surface area contributed by atoms with Gasteiger partial charge in [-0.25, -0.2) is 18.0 Å². The lowest BCUT2D eigenvalue weighted by Gasteiger charge is -2.47. The zero-order valence-electron chi connectivity index (χ0n) is 21.9. The number of halogens is 6. The van der Waals surface area contributed by atoms with E-state index in [0.29, 0.717) is 11.1 Å². The van der Waals surface area contributed by atoms with Crippen LogP contribution < -0.4 is 4.18 Å². The van der Waals surface area contributed by atoms with Gasteiger partial charge in [0.05, 0.1) is 13.0 Å². The van der Waals surface area contributed by atoms with Crippen LogP contribution in [0.25, 0.3) is 0 Å². The average molecular weight is 582 g/mol. The van der Waals surface area contributed by atoms with Crippen LogP contribution in [-0.4, -0.2) is 56.3 Å². The molecule has 0 aromatic heterocycles. The molecule has 4 atom stereocenters. The first-order valence-electron chi connectivity index (χ1n) is 11.9. The van der Waals surface area contributed by atoms with Crippen molar-refractivity contribution in [3.8, 4) is 5.75 Å². The van der Waals surface area contributed by atoms with E-state index in [4.69, 9.17) is 0 Å². The van der Waals surface area contributed by atoms with Gasteiger partial charge >= 0.3 is 21.6 Å². The van der Waals surface area contributed by atoms with Crippen LogP contribution in [0.1, 0.15) is 44.9 Å². The minimum atomic E-state index is -5.94. The fourth-order valence-corrected chi connectivity index (χ4v) is 5.31. The third kappa shape index (κ3) is 6.86. The molecule has 0 saturated carbocycles. The van der Waals surface area contributed by atoms with Gasteiger partial charge in [0.15, 0.2) is 0 Å². The quantitative estimate of drug-likeness (QED) is 0.133. The Morgan fingerprint density at radius 2 is 1.85 bits per heavy atom. The minimum Gasteiger partial charge on any atom is -0.466 e. The van der Waals surface area contributed by atoms with Crippen molar-refractivity contribution in [3.05, 3.63) is 64.5 Å². The maximum atomic E-state index is 15.7. The summed E-state index contributed by atoms with van der Waals surface area (Å²) in [5.74, 6) is -3.67. The van der Waals surface area contributed by atoms with Gasteiger partial charge in [-0.3, -0.25) is 4.90 Å². The maximum absolute atomic E-state index is 15.7. The molecule has 1 heterocycles. The van der Waals surface area contributed by atoms with Gasteiger partial charge in [0.2, 0.25) is 0 Å². The fraction of sp³-hybridized carbons (Fsp3) is 0.500. The van der Waals surface area contributed by atoms with E-state index < -0.39 is 63.0 Å². The molecule has 0 radical (unpaired) electrons. The van der Waals surface area contributed by atoms with Crippen LogP contribution in [0, 0.1) is 5.92 Å². The largest absolute Gasteiger partial charge is 0.534 e. The van der Waals surface area contributed by atoms with Gasteiger partial charge in [0, 0.05) is 24.7 Å². The summed E-state index contributed by atoms with van der Waals surface area (Å²) in [6.45, 7) is 5.55. The molecule has 4 unspecified atom stereocenters. The second kappa shape index (κ2) is 11.0. The van der Waals surface area contributed by atoms with Crippen molar-refractivity contribution in [1.29, 1.82) is 0 Å². The Morgan fingerprint density at radius 3 is 2.38 bits per heavy atom. The molecular weight excluding hydrogens is 552 g/mol. The molecule has 3 rings (SSSR count). The monoisotopic (exact) mass is 581 g/mol. The van der Waals surface area contributed by atoms with Crippen LogP contribution in [-0.2, 0) is 26.1 Å². The number of carbonyl (C=O) groups excluding carboxylic acids is 1. The Hall–Kier alpha value is -2.80. The second-order valence-corrected chi connectivity index (χ2v) is 11.7. The van der Waals surface area contributed by atoms with Gasteiger partial charge < -0.3 is 8.92 Å². The van der Waals surface area contributed by atoms with E-state index in [2.05, 4.69) is 8.92 Å². The Morgan fingerprint density at radius 1 is 1.21 bits per heavy atom. The first kappa shape index (κ1) is 30.7. The molecule has 1 aliphatic carbocycles. The molecule has 39 heavy (non-hydrogen) atoms. The normalized spacial score (nSPS) is 24.9. The smallest absolute Gasteiger partial charge is 0.466 e. The highest BCUT2D eigenvalue weighted by atomic mass is 32.2. The van der Waals surface area contributed by atoms with Crippen molar-refractivity contribution in [2.24, 2.45) is 5.92 Å². The van der Waals surface area contributed by atoms with E-state index in [1.807, 2.05) is 0 Å². The van der Waals surface area contributed by atoms with Crippen molar-refractivity contribution in [2.75, 3.05) is 13.7 Å². The summed E-state index contributed by atoms with van der Waals surface area (Å²) in [6.07, 6.45) is 1.48. The van der Waals surface area contributed by atoms with Crippen molar-refractivity contribution < 1.29 is 48.5 Å². The third-order valence-corrected chi connectivity index (χ3v) is 7.52. The van der Waals surface area contributed by atoms with Crippen LogP contribution in [0.5, 0.6) is 5.75 Å². The topological polar surface area (TPSA) is 72.9 Å². The number of methoxy groups -OCH3 is 1. The van der Waals surface area contributed by atoms with Crippen molar-refractivity contribution >= 4 is 16.1 Å². The molecule has 0 saturated heterocycles. The van der Waals surface area contributed by atoms with Gasteiger partial charge in [-0.1, -0.05) is 6.07 Å². The van der Waals surface area contributed by atoms with Crippen LogP contribution in [0.15, 0.2) is 53.4 Å². The number of hydrogen-bond donors (Lipinski definition) is 0. The summed E-state index contributed by atoms with van der Waals surface area (Å²) in [6, 6.07) is 1.67. The maximum Gasteiger partial charge on any atom is 0.534 e. The number of rotatable bonds is 7. The summed E-state index contributed by atoms with van der Waals surface area (Å²) in [5, 5.41) is 0. The molecule has 1 aliphatic heterocycles.